The van der Waals surface area contributed by atoms with Crippen LogP contribution in [0.2, 0.25) is 0 Å². The first kappa shape index (κ1) is 15.1. The summed E-state index contributed by atoms with van der Waals surface area (Å²) < 4.78 is 27.1. The highest BCUT2D eigenvalue weighted by atomic mass is 79.9. The average molecular weight is 360 g/mol. The fourth-order valence-corrected chi connectivity index (χ4v) is 1.83. The second kappa shape index (κ2) is 5.97. The van der Waals surface area contributed by atoms with Crippen molar-refractivity contribution in [2.45, 2.75) is 0 Å². The molecule has 4 N–H and O–H groups in total. The van der Waals surface area contributed by atoms with Gasteiger partial charge < -0.3 is 10.7 Å². The van der Waals surface area contributed by atoms with Gasteiger partial charge in [0.25, 0.3) is 0 Å². The zero-order valence-electron chi connectivity index (χ0n) is 10.2. The number of hydrogen-bond donors (Lipinski definition) is 3. The second-order valence-corrected chi connectivity index (χ2v) is 4.69. The van der Waals surface area contributed by atoms with E-state index in [1.807, 2.05) is 0 Å². The minimum Gasteiger partial charge on any atom is -0.332 e. The molecule has 0 saturated carbocycles. The number of hydrogen-bond acceptors (Lipinski definition) is 6. The van der Waals surface area contributed by atoms with Gasteiger partial charge in [0.1, 0.15) is 17.5 Å². The van der Waals surface area contributed by atoms with Gasteiger partial charge in [-0.1, -0.05) is 0 Å². The average Bonchev–Trinajstić information content (AvgIpc) is 2.44. The minimum atomic E-state index is -0.800. The largest absolute Gasteiger partial charge is 0.332 e. The number of halogens is 3. The van der Waals surface area contributed by atoms with Gasteiger partial charge >= 0.3 is 5.69 Å². The zero-order valence-corrected chi connectivity index (χ0v) is 11.8. The zero-order chi connectivity index (χ0) is 15.6. The van der Waals surface area contributed by atoms with Crippen LogP contribution in [0.4, 0.5) is 31.8 Å². The van der Waals surface area contributed by atoms with Crippen molar-refractivity contribution in [1.82, 2.24) is 4.98 Å². The summed E-state index contributed by atoms with van der Waals surface area (Å²) in [4.78, 5) is 14.0. The van der Waals surface area contributed by atoms with E-state index < -0.39 is 22.2 Å². The fraction of sp³-hybridized carbons (Fsp3) is 0. The van der Waals surface area contributed by atoms with Crippen LogP contribution in [0.1, 0.15) is 0 Å². The van der Waals surface area contributed by atoms with Gasteiger partial charge in [0.05, 0.1) is 15.1 Å². The maximum atomic E-state index is 13.7. The van der Waals surface area contributed by atoms with Crippen molar-refractivity contribution < 1.29 is 13.7 Å². The van der Waals surface area contributed by atoms with Gasteiger partial charge in [-0.3, -0.25) is 10.1 Å². The van der Waals surface area contributed by atoms with Crippen LogP contribution in [0.3, 0.4) is 0 Å². The summed E-state index contributed by atoms with van der Waals surface area (Å²) in [7, 11) is 0. The van der Waals surface area contributed by atoms with Crippen LogP contribution in [-0.4, -0.2) is 9.91 Å². The topological polar surface area (TPSA) is 106 Å². The second-order valence-electron chi connectivity index (χ2n) is 3.84. The molecule has 1 heterocycles. The third kappa shape index (κ3) is 3.23. The van der Waals surface area contributed by atoms with E-state index in [0.29, 0.717) is 0 Å². The van der Waals surface area contributed by atoms with Crippen molar-refractivity contribution in [3.63, 3.8) is 0 Å². The molecule has 110 valence electrons. The molecule has 0 unspecified atom stereocenters. The fourth-order valence-electron chi connectivity index (χ4n) is 1.52. The van der Waals surface area contributed by atoms with Gasteiger partial charge in [-0.25, -0.2) is 19.6 Å². The van der Waals surface area contributed by atoms with E-state index in [4.69, 9.17) is 5.84 Å². The first-order valence-electron chi connectivity index (χ1n) is 5.46. The van der Waals surface area contributed by atoms with Crippen LogP contribution in [0, 0.1) is 21.7 Å². The molecule has 0 radical (unpaired) electrons. The summed E-state index contributed by atoms with van der Waals surface area (Å²) in [6.07, 6.45) is 0. The summed E-state index contributed by atoms with van der Waals surface area (Å²) in [5, 5.41) is 13.3. The summed E-state index contributed by atoms with van der Waals surface area (Å²) in [6.45, 7) is 0. The molecular weight excluding hydrogens is 352 g/mol. The smallest absolute Gasteiger partial charge is 0.311 e. The molecule has 1 aromatic carbocycles. The molecule has 0 fully saturated rings. The van der Waals surface area contributed by atoms with E-state index >= 15 is 0 Å². The Morgan fingerprint density at radius 2 is 2.00 bits per heavy atom. The van der Waals surface area contributed by atoms with E-state index in [1.54, 1.807) is 0 Å². The number of rotatable bonds is 4. The van der Waals surface area contributed by atoms with Gasteiger partial charge in [0.2, 0.25) is 5.82 Å². The van der Waals surface area contributed by atoms with Crippen LogP contribution in [-0.2, 0) is 0 Å². The number of nitrogens with one attached hydrogen (secondary N) is 2. The molecule has 0 atom stereocenters. The third-order valence-electron chi connectivity index (χ3n) is 2.48. The summed E-state index contributed by atoms with van der Waals surface area (Å²) in [5.74, 6) is 3.49. The highest BCUT2D eigenvalue weighted by Gasteiger charge is 2.18. The number of anilines is 3. The monoisotopic (exact) mass is 359 g/mol. The summed E-state index contributed by atoms with van der Waals surface area (Å²) in [5.41, 5.74) is 1.51. The molecule has 0 saturated heterocycles. The Kier molecular flexibility index (Phi) is 4.29. The Bertz CT molecular complexity index is 713. The van der Waals surface area contributed by atoms with E-state index in [9.17, 15) is 18.9 Å². The highest BCUT2D eigenvalue weighted by molar-refractivity contribution is 9.10. The Hall–Kier alpha value is -2.33. The predicted molar refractivity (Wildman–Crippen MR) is 76.0 cm³/mol. The van der Waals surface area contributed by atoms with E-state index in [2.05, 4.69) is 31.7 Å². The molecule has 0 amide bonds. The number of hydrazine groups is 1. The number of benzene rings is 1. The molecule has 2 aromatic rings. The van der Waals surface area contributed by atoms with Crippen LogP contribution >= 0.6 is 15.9 Å². The van der Waals surface area contributed by atoms with Crippen LogP contribution in [0.5, 0.6) is 0 Å². The SMILES string of the molecule is NNc1ccc([N+](=O)[O-])c(Nc2cc(F)c(Br)cc2F)n1. The molecule has 1 aromatic heterocycles. The predicted octanol–water partition coefficient (Wildman–Crippen LogP) is 3.06. The first-order valence-corrected chi connectivity index (χ1v) is 6.25. The lowest BCUT2D eigenvalue weighted by Gasteiger charge is -2.09. The lowest BCUT2D eigenvalue weighted by molar-refractivity contribution is -0.384. The van der Waals surface area contributed by atoms with Crippen molar-refractivity contribution in [3.8, 4) is 0 Å². The van der Waals surface area contributed by atoms with E-state index in [-0.39, 0.29) is 21.8 Å². The van der Waals surface area contributed by atoms with E-state index in [0.717, 1.165) is 18.2 Å². The van der Waals surface area contributed by atoms with Crippen molar-refractivity contribution in [1.29, 1.82) is 0 Å². The molecule has 0 aliphatic carbocycles. The minimum absolute atomic E-state index is 0.0645. The Balaban J connectivity index is 2.47. The number of nitro groups is 1. The Morgan fingerprint density at radius 3 is 2.62 bits per heavy atom. The maximum Gasteiger partial charge on any atom is 0.311 e. The molecule has 21 heavy (non-hydrogen) atoms. The van der Waals surface area contributed by atoms with Crippen molar-refractivity contribution >= 4 is 38.9 Å². The third-order valence-corrected chi connectivity index (χ3v) is 3.09. The number of aromatic nitrogens is 1. The van der Waals surface area contributed by atoms with Gasteiger partial charge in [0, 0.05) is 12.1 Å². The van der Waals surface area contributed by atoms with Gasteiger partial charge in [-0.2, -0.15) is 0 Å². The highest BCUT2D eigenvalue weighted by Crippen LogP contribution is 2.30. The molecule has 0 spiro atoms. The lowest BCUT2D eigenvalue weighted by Crippen LogP contribution is -2.10. The molecule has 2 rings (SSSR count). The molecule has 0 bridgehead atoms. The molecular formula is C11H8BrF2N5O2. The molecule has 10 heteroatoms. The summed E-state index contributed by atoms with van der Waals surface area (Å²) >= 11 is 2.83. The first-order chi connectivity index (χ1) is 9.92. The van der Waals surface area contributed by atoms with Crippen LogP contribution in [0.25, 0.3) is 0 Å². The van der Waals surface area contributed by atoms with Crippen molar-refractivity contribution in [2.24, 2.45) is 5.84 Å². The van der Waals surface area contributed by atoms with Crippen LogP contribution < -0.4 is 16.6 Å². The standard InChI is InChI=1S/C11H8BrF2N5O2/c12-5-3-7(14)8(4-6(5)13)16-11-9(19(20)21)1-2-10(17-11)18-15/h1-4H,15H2,(H2,16,17,18). The van der Waals surface area contributed by atoms with Crippen molar-refractivity contribution in [2.75, 3.05) is 10.7 Å². The molecule has 0 aliphatic rings. The van der Waals surface area contributed by atoms with Crippen LogP contribution in [0.15, 0.2) is 28.7 Å². The normalized spacial score (nSPS) is 10.3. The molecule has 0 aliphatic heterocycles. The molecule has 7 nitrogen and oxygen atoms in total. The van der Waals surface area contributed by atoms with Gasteiger partial charge in [-0.05, 0) is 28.1 Å². The quantitative estimate of drug-likeness (QED) is 0.335. The van der Waals surface area contributed by atoms with Crippen molar-refractivity contribution in [3.05, 3.63) is 50.5 Å². The number of nitrogen functional groups attached to an aromatic ring is 1. The lowest BCUT2D eigenvalue weighted by atomic mass is 10.3. The van der Waals surface area contributed by atoms with Gasteiger partial charge in [0.15, 0.2) is 0 Å². The Morgan fingerprint density at radius 1 is 1.29 bits per heavy atom. The number of pyridine rings is 1. The Labute approximate surface area is 125 Å². The number of nitrogens with two attached hydrogens (primary N) is 1. The number of nitrogens with zero attached hydrogens (tertiary/aromatic N) is 2. The van der Waals surface area contributed by atoms with Gasteiger partial charge in [-0.15, -0.1) is 0 Å². The maximum absolute atomic E-state index is 13.7. The van der Waals surface area contributed by atoms with E-state index in [1.165, 1.54) is 6.07 Å². The summed E-state index contributed by atoms with van der Waals surface area (Å²) in [6, 6.07) is 4.17.